The highest BCUT2D eigenvalue weighted by Gasteiger charge is 2.53. The third kappa shape index (κ3) is 1.98. The van der Waals surface area contributed by atoms with Crippen LogP contribution in [0.25, 0.3) is 0 Å². The Bertz CT molecular complexity index is 625. The maximum Gasteiger partial charge on any atom is 0.274 e. The average molecular weight is 305 g/mol. The predicted octanol–water partition coefficient (Wildman–Crippen LogP) is 1.20. The highest BCUT2D eigenvalue weighted by molar-refractivity contribution is 5.93. The lowest BCUT2D eigenvalue weighted by Gasteiger charge is -2.60. The van der Waals surface area contributed by atoms with E-state index in [1.54, 1.807) is 11.5 Å². The Kier molecular flexibility index (Phi) is 3.21. The lowest BCUT2D eigenvalue weighted by atomic mass is 9.64. The molecule has 1 amide bonds. The zero-order valence-electron chi connectivity index (χ0n) is 12.4. The van der Waals surface area contributed by atoms with Gasteiger partial charge in [-0.3, -0.25) is 14.9 Å². The van der Waals surface area contributed by atoms with Gasteiger partial charge < -0.3 is 5.32 Å². The van der Waals surface area contributed by atoms with E-state index in [4.69, 9.17) is 5.21 Å². The number of nitrogens with zero attached hydrogens (tertiary/aromatic N) is 1. The number of carbonyl (C=O) groups is 1. The van der Waals surface area contributed by atoms with Crippen LogP contribution in [0.5, 0.6) is 0 Å². The van der Waals surface area contributed by atoms with Crippen molar-refractivity contribution in [2.75, 3.05) is 13.1 Å². The SMILES string of the molecule is O=C(NO)c1cc(F)c2c(c1)CCN(C1CCC13CCN3)C2. The molecule has 1 aromatic carbocycles. The van der Waals surface area contributed by atoms with Crippen molar-refractivity contribution < 1.29 is 14.4 Å². The van der Waals surface area contributed by atoms with Crippen LogP contribution in [-0.2, 0) is 13.0 Å². The fourth-order valence-corrected chi connectivity index (χ4v) is 4.20. The summed E-state index contributed by atoms with van der Waals surface area (Å²) < 4.78 is 14.4. The Balaban J connectivity index is 1.57. The van der Waals surface area contributed by atoms with Crippen LogP contribution in [0.2, 0.25) is 0 Å². The van der Waals surface area contributed by atoms with Crippen molar-refractivity contribution >= 4 is 5.91 Å². The maximum absolute atomic E-state index is 14.4. The van der Waals surface area contributed by atoms with Gasteiger partial charge in [-0.05, 0) is 49.9 Å². The lowest BCUT2D eigenvalue weighted by molar-refractivity contribution is -0.0370. The molecule has 2 aliphatic heterocycles. The van der Waals surface area contributed by atoms with Gasteiger partial charge in [-0.15, -0.1) is 0 Å². The minimum atomic E-state index is -0.666. The molecule has 0 aromatic heterocycles. The second-order valence-electron chi connectivity index (χ2n) is 6.64. The first-order valence-corrected chi connectivity index (χ1v) is 7.88. The van der Waals surface area contributed by atoms with Crippen LogP contribution in [0.3, 0.4) is 0 Å². The standard InChI is InChI=1S/C16H20FN3O2/c17-13-8-11(15(21)19-22)7-10-2-6-20(9-12(10)13)14-1-3-16(14)4-5-18-16/h7-8,14,18,22H,1-6,9H2,(H,19,21). The molecule has 2 unspecified atom stereocenters. The van der Waals surface area contributed by atoms with E-state index in [-0.39, 0.29) is 16.9 Å². The molecule has 5 nitrogen and oxygen atoms in total. The number of fused-ring (bicyclic) bond motifs is 1. The number of halogens is 1. The number of nitrogens with one attached hydrogen (secondary N) is 2. The molecule has 1 saturated carbocycles. The first-order chi connectivity index (χ1) is 10.6. The molecule has 6 heteroatoms. The molecule has 118 valence electrons. The van der Waals surface area contributed by atoms with Gasteiger partial charge in [0.25, 0.3) is 5.91 Å². The van der Waals surface area contributed by atoms with Crippen molar-refractivity contribution in [3.8, 4) is 0 Å². The van der Waals surface area contributed by atoms with Crippen LogP contribution in [0.15, 0.2) is 12.1 Å². The van der Waals surface area contributed by atoms with E-state index in [2.05, 4.69) is 10.2 Å². The van der Waals surface area contributed by atoms with E-state index < -0.39 is 5.91 Å². The van der Waals surface area contributed by atoms with Gasteiger partial charge in [-0.25, -0.2) is 9.87 Å². The summed E-state index contributed by atoms with van der Waals surface area (Å²) in [6, 6.07) is 3.42. The van der Waals surface area contributed by atoms with Gasteiger partial charge in [-0.1, -0.05) is 0 Å². The summed E-state index contributed by atoms with van der Waals surface area (Å²) in [4.78, 5) is 13.8. The fourth-order valence-electron chi connectivity index (χ4n) is 4.20. The van der Waals surface area contributed by atoms with E-state index in [0.29, 0.717) is 18.2 Å². The second kappa shape index (κ2) is 5.01. The van der Waals surface area contributed by atoms with Crippen LogP contribution in [-0.4, -0.2) is 40.7 Å². The predicted molar refractivity (Wildman–Crippen MR) is 78.1 cm³/mol. The van der Waals surface area contributed by atoms with Gasteiger partial charge in [0.2, 0.25) is 0 Å². The number of benzene rings is 1. The summed E-state index contributed by atoms with van der Waals surface area (Å²) in [5, 5.41) is 12.3. The Morgan fingerprint density at radius 1 is 1.45 bits per heavy atom. The lowest BCUT2D eigenvalue weighted by Crippen LogP contribution is -2.74. The normalized spacial score (nSPS) is 30.4. The van der Waals surface area contributed by atoms with Crippen molar-refractivity contribution in [3.63, 3.8) is 0 Å². The molecular formula is C16H20FN3O2. The Morgan fingerprint density at radius 2 is 2.27 bits per heavy atom. The molecule has 1 aromatic rings. The van der Waals surface area contributed by atoms with Crippen LogP contribution in [0, 0.1) is 5.82 Å². The first kappa shape index (κ1) is 14.1. The molecule has 2 atom stereocenters. The second-order valence-corrected chi connectivity index (χ2v) is 6.64. The molecule has 2 fully saturated rings. The molecule has 1 spiro atoms. The Morgan fingerprint density at radius 3 is 2.86 bits per heavy atom. The monoisotopic (exact) mass is 305 g/mol. The summed E-state index contributed by atoms with van der Waals surface area (Å²) >= 11 is 0. The third-order valence-electron chi connectivity index (χ3n) is 5.67. The molecule has 1 aliphatic carbocycles. The van der Waals surface area contributed by atoms with Crippen molar-refractivity contribution in [2.24, 2.45) is 0 Å². The van der Waals surface area contributed by atoms with E-state index in [1.807, 2.05) is 0 Å². The van der Waals surface area contributed by atoms with E-state index in [1.165, 1.54) is 25.3 Å². The fraction of sp³-hybridized carbons (Fsp3) is 0.562. The average Bonchev–Trinajstić information content (AvgIpc) is 2.44. The zero-order chi connectivity index (χ0) is 15.3. The number of hydrogen-bond donors (Lipinski definition) is 3. The summed E-state index contributed by atoms with van der Waals surface area (Å²) in [7, 11) is 0. The molecule has 1 saturated heterocycles. The topological polar surface area (TPSA) is 64.6 Å². The number of amides is 1. The molecule has 3 N–H and O–H groups in total. The number of rotatable bonds is 2. The van der Waals surface area contributed by atoms with E-state index in [9.17, 15) is 9.18 Å². The summed E-state index contributed by atoms with van der Waals surface area (Å²) in [6.07, 6.45) is 4.36. The van der Waals surface area contributed by atoms with Crippen LogP contribution < -0.4 is 10.8 Å². The highest BCUT2D eigenvalue weighted by atomic mass is 19.1. The molecule has 0 bridgehead atoms. The number of hydrogen-bond acceptors (Lipinski definition) is 4. The van der Waals surface area contributed by atoms with Crippen molar-refractivity contribution in [3.05, 3.63) is 34.6 Å². The molecular weight excluding hydrogens is 285 g/mol. The molecule has 0 radical (unpaired) electrons. The van der Waals surface area contributed by atoms with E-state index in [0.717, 1.165) is 25.1 Å². The molecule has 3 aliphatic rings. The maximum atomic E-state index is 14.4. The van der Waals surface area contributed by atoms with Gasteiger partial charge >= 0.3 is 0 Å². The summed E-state index contributed by atoms with van der Waals surface area (Å²) in [5.41, 5.74) is 3.59. The van der Waals surface area contributed by atoms with Gasteiger partial charge in [0.05, 0.1) is 0 Å². The number of carbonyl (C=O) groups excluding carboxylic acids is 1. The Labute approximate surface area is 128 Å². The molecule has 4 rings (SSSR count). The minimum Gasteiger partial charge on any atom is -0.310 e. The van der Waals surface area contributed by atoms with Crippen molar-refractivity contribution in [2.45, 2.75) is 43.8 Å². The highest BCUT2D eigenvalue weighted by Crippen LogP contribution is 2.44. The van der Waals surface area contributed by atoms with E-state index >= 15 is 0 Å². The van der Waals surface area contributed by atoms with Gasteiger partial charge in [0.1, 0.15) is 5.82 Å². The van der Waals surface area contributed by atoms with Crippen LogP contribution in [0.1, 0.15) is 40.7 Å². The summed E-state index contributed by atoms with van der Waals surface area (Å²) in [6.45, 7) is 2.59. The minimum absolute atomic E-state index is 0.174. The largest absolute Gasteiger partial charge is 0.310 e. The van der Waals surface area contributed by atoms with Crippen LogP contribution in [0.4, 0.5) is 4.39 Å². The van der Waals surface area contributed by atoms with Crippen molar-refractivity contribution in [1.29, 1.82) is 0 Å². The summed E-state index contributed by atoms with van der Waals surface area (Å²) in [5.74, 6) is -1.02. The Hall–Kier alpha value is -1.50. The zero-order valence-corrected chi connectivity index (χ0v) is 12.4. The molecule has 22 heavy (non-hydrogen) atoms. The first-order valence-electron chi connectivity index (χ1n) is 7.88. The van der Waals surface area contributed by atoms with Gasteiger partial charge in [-0.2, -0.15) is 0 Å². The van der Waals surface area contributed by atoms with Crippen molar-refractivity contribution in [1.82, 2.24) is 15.7 Å². The van der Waals surface area contributed by atoms with Crippen LogP contribution >= 0.6 is 0 Å². The van der Waals surface area contributed by atoms with Gasteiger partial charge in [0.15, 0.2) is 0 Å². The third-order valence-corrected chi connectivity index (χ3v) is 5.67. The van der Waals surface area contributed by atoms with Gasteiger partial charge in [0, 0.05) is 35.8 Å². The smallest absolute Gasteiger partial charge is 0.274 e. The molecule has 2 heterocycles. The quantitative estimate of drug-likeness (QED) is 0.567. The number of hydroxylamine groups is 1.